The molecule has 0 atom stereocenters. The maximum absolute atomic E-state index is 11.7. The monoisotopic (exact) mass is 236 g/mol. The molecule has 2 N–H and O–H groups in total. The summed E-state index contributed by atoms with van der Waals surface area (Å²) in [6, 6.07) is 3.26. The topological polar surface area (TPSA) is 71.3 Å². The van der Waals surface area contributed by atoms with Gasteiger partial charge in [0.2, 0.25) is 0 Å². The van der Waals surface area contributed by atoms with E-state index in [1.807, 2.05) is 19.1 Å². The van der Waals surface area contributed by atoms with Crippen molar-refractivity contribution in [2.75, 3.05) is 6.54 Å². The van der Waals surface area contributed by atoms with Crippen molar-refractivity contribution < 1.29 is 14.7 Å². The number of aliphatic carboxylic acids is 1. The maximum Gasteiger partial charge on any atom is 0.323 e. The van der Waals surface area contributed by atoms with Gasteiger partial charge in [-0.3, -0.25) is 9.59 Å². The van der Waals surface area contributed by atoms with Crippen LogP contribution in [0.15, 0.2) is 30.5 Å². The summed E-state index contributed by atoms with van der Waals surface area (Å²) >= 11 is 0. The molecule has 5 heteroatoms. The second-order valence-corrected chi connectivity index (χ2v) is 3.53. The van der Waals surface area contributed by atoms with Crippen LogP contribution in [0.25, 0.3) is 0 Å². The van der Waals surface area contributed by atoms with Gasteiger partial charge in [-0.2, -0.15) is 0 Å². The highest BCUT2D eigenvalue weighted by Crippen LogP contribution is 2.02. The maximum atomic E-state index is 11.7. The quantitative estimate of drug-likeness (QED) is 0.577. The number of amides is 1. The number of carbonyl (C=O) groups excluding carboxylic acids is 1. The summed E-state index contributed by atoms with van der Waals surface area (Å²) in [5.41, 5.74) is 0.368. The number of nitrogens with zero attached hydrogens (tertiary/aromatic N) is 1. The van der Waals surface area contributed by atoms with E-state index in [2.05, 4.69) is 5.32 Å². The van der Waals surface area contributed by atoms with Crippen molar-refractivity contribution in [1.29, 1.82) is 0 Å². The van der Waals surface area contributed by atoms with E-state index in [1.165, 1.54) is 4.57 Å². The largest absolute Gasteiger partial charge is 0.480 e. The molecule has 0 fully saturated rings. The minimum atomic E-state index is -0.968. The normalized spacial score (nSPS) is 10.6. The lowest BCUT2D eigenvalue weighted by Gasteiger charge is -2.06. The van der Waals surface area contributed by atoms with Gasteiger partial charge < -0.3 is 15.0 Å². The molecular formula is C12H16N2O3. The van der Waals surface area contributed by atoms with Gasteiger partial charge in [0.05, 0.1) is 0 Å². The Kier molecular flexibility index (Phi) is 5.00. The number of hydrogen-bond acceptors (Lipinski definition) is 2. The molecule has 0 aromatic carbocycles. The molecule has 1 aromatic rings. The summed E-state index contributed by atoms with van der Waals surface area (Å²) < 4.78 is 1.41. The molecule has 0 unspecified atom stereocenters. The van der Waals surface area contributed by atoms with Crippen LogP contribution in [0, 0.1) is 0 Å². The minimum Gasteiger partial charge on any atom is -0.480 e. The molecule has 0 aliphatic heterocycles. The number of carboxylic acid groups (broad SMARTS) is 1. The third-order valence-corrected chi connectivity index (χ3v) is 2.20. The average molecular weight is 236 g/mol. The Morgan fingerprint density at radius 2 is 2.29 bits per heavy atom. The molecule has 92 valence electrons. The highest BCUT2D eigenvalue weighted by atomic mass is 16.4. The van der Waals surface area contributed by atoms with E-state index in [0.29, 0.717) is 12.2 Å². The summed E-state index contributed by atoms with van der Waals surface area (Å²) in [4.78, 5) is 22.3. The molecule has 0 saturated carbocycles. The molecule has 1 rings (SSSR count). The first-order valence-electron chi connectivity index (χ1n) is 5.41. The molecule has 1 aromatic heterocycles. The fraction of sp³-hybridized carbons (Fsp3) is 0.333. The Morgan fingerprint density at radius 1 is 1.53 bits per heavy atom. The summed E-state index contributed by atoms with van der Waals surface area (Å²) in [5.74, 6) is -1.22. The van der Waals surface area contributed by atoms with E-state index >= 15 is 0 Å². The summed E-state index contributed by atoms with van der Waals surface area (Å²) in [5, 5.41) is 11.4. The van der Waals surface area contributed by atoms with Crippen LogP contribution in [0.2, 0.25) is 0 Å². The fourth-order valence-electron chi connectivity index (χ4n) is 1.43. The van der Waals surface area contributed by atoms with E-state index in [1.54, 1.807) is 18.3 Å². The van der Waals surface area contributed by atoms with E-state index < -0.39 is 5.97 Å². The lowest BCUT2D eigenvalue weighted by molar-refractivity contribution is -0.137. The number of aromatic nitrogens is 1. The average Bonchev–Trinajstić information content (AvgIpc) is 2.71. The molecule has 0 aliphatic carbocycles. The van der Waals surface area contributed by atoms with Gasteiger partial charge in [0.15, 0.2) is 0 Å². The SMILES string of the molecule is C/C=C/CCNC(=O)c1cccn1CC(=O)O. The Balaban J connectivity index is 2.56. The van der Waals surface area contributed by atoms with Crippen molar-refractivity contribution in [3.63, 3.8) is 0 Å². The standard InChI is InChI=1S/C12H16N2O3/c1-2-3-4-7-13-12(17)10-6-5-8-14(10)9-11(15)16/h2-3,5-6,8H,4,7,9H2,1H3,(H,13,17)(H,15,16)/b3-2+. The van der Waals surface area contributed by atoms with E-state index in [-0.39, 0.29) is 12.5 Å². The Labute approximate surface area is 99.7 Å². The molecule has 1 amide bonds. The summed E-state index contributed by atoms with van der Waals surface area (Å²) in [7, 11) is 0. The Hall–Kier alpha value is -2.04. The number of allylic oxidation sites excluding steroid dienone is 1. The van der Waals surface area contributed by atoms with Gasteiger partial charge >= 0.3 is 5.97 Å². The predicted octanol–water partition coefficient (Wildman–Crippen LogP) is 1.27. The molecule has 5 nitrogen and oxygen atoms in total. The van der Waals surface area contributed by atoms with E-state index in [4.69, 9.17) is 5.11 Å². The number of nitrogens with one attached hydrogen (secondary N) is 1. The van der Waals surface area contributed by atoms with Gasteiger partial charge in [-0.05, 0) is 25.5 Å². The molecule has 0 radical (unpaired) electrons. The lowest BCUT2D eigenvalue weighted by atomic mass is 10.3. The third-order valence-electron chi connectivity index (χ3n) is 2.20. The number of carboxylic acids is 1. The van der Waals surface area contributed by atoms with Crippen LogP contribution in [-0.2, 0) is 11.3 Å². The van der Waals surface area contributed by atoms with Crippen molar-refractivity contribution in [1.82, 2.24) is 9.88 Å². The number of hydrogen-bond donors (Lipinski definition) is 2. The van der Waals surface area contributed by atoms with E-state index in [0.717, 1.165) is 6.42 Å². The van der Waals surface area contributed by atoms with Crippen LogP contribution in [0.5, 0.6) is 0 Å². The van der Waals surface area contributed by atoms with Crippen LogP contribution in [0.1, 0.15) is 23.8 Å². The molecule has 0 spiro atoms. The highest BCUT2D eigenvalue weighted by Gasteiger charge is 2.11. The molecule has 0 saturated heterocycles. The van der Waals surface area contributed by atoms with Crippen LogP contribution < -0.4 is 5.32 Å². The van der Waals surface area contributed by atoms with Crippen molar-refractivity contribution in [3.8, 4) is 0 Å². The van der Waals surface area contributed by atoms with Crippen molar-refractivity contribution in [2.24, 2.45) is 0 Å². The molecule has 0 aliphatic rings. The summed E-state index contributed by atoms with van der Waals surface area (Å²) in [6.45, 7) is 2.26. The van der Waals surface area contributed by atoms with Crippen LogP contribution in [0.3, 0.4) is 0 Å². The van der Waals surface area contributed by atoms with Gasteiger partial charge in [0, 0.05) is 12.7 Å². The number of rotatable bonds is 6. The Morgan fingerprint density at radius 3 is 2.94 bits per heavy atom. The summed E-state index contributed by atoms with van der Waals surface area (Å²) in [6.07, 6.45) is 6.21. The highest BCUT2D eigenvalue weighted by molar-refractivity contribution is 5.93. The smallest absolute Gasteiger partial charge is 0.323 e. The Bertz CT molecular complexity index is 421. The molecule has 0 bridgehead atoms. The number of carbonyl (C=O) groups is 2. The lowest BCUT2D eigenvalue weighted by Crippen LogP contribution is -2.27. The van der Waals surface area contributed by atoms with Gasteiger partial charge in [0.1, 0.15) is 12.2 Å². The zero-order valence-electron chi connectivity index (χ0n) is 9.72. The minimum absolute atomic E-state index is 0.204. The van der Waals surface area contributed by atoms with Crippen LogP contribution >= 0.6 is 0 Å². The zero-order valence-corrected chi connectivity index (χ0v) is 9.72. The zero-order chi connectivity index (χ0) is 12.7. The van der Waals surface area contributed by atoms with Crippen molar-refractivity contribution in [2.45, 2.75) is 19.9 Å². The molecule has 1 heterocycles. The third kappa shape index (κ3) is 4.14. The second kappa shape index (κ2) is 6.52. The van der Waals surface area contributed by atoms with Gasteiger partial charge in [-0.25, -0.2) is 0 Å². The van der Waals surface area contributed by atoms with E-state index in [9.17, 15) is 9.59 Å². The second-order valence-electron chi connectivity index (χ2n) is 3.53. The van der Waals surface area contributed by atoms with Crippen molar-refractivity contribution >= 4 is 11.9 Å². The fourth-order valence-corrected chi connectivity index (χ4v) is 1.43. The van der Waals surface area contributed by atoms with Gasteiger partial charge in [-0.1, -0.05) is 12.2 Å². The molecular weight excluding hydrogens is 220 g/mol. The van der Waals surface area contributed by atoms with Crippen LogP contribution in [-0.4, -0.2) is 28.1 Å². The van der Waals surface area contributed by atoms with Crippen molar-refractivity contribution in [3.05, 3.63) is 36.2 Å². The van der Waals surface area contributed by atoms with Gasteiger partial charge in [0.25, 0.3) is 5.91 Å². The van der Waals surface area contributed by atoms with Gasteiger partial charge in [-0.15, -0.1) is 0 Å². The first-order valence-corrected chi connectivity index (χ1v) is 5.41. The first-order chi connectivity index (χ1) is 8.15. The molecule has 17 heavy (non-hydrogen) atoms. The predicted molar refractivity (Wildman–Crippen MR) is 63.8 cm³/mol. The van der Waals surface area contributed by atoms with Crippen LogP contribution in [0.4, 0.5) is 0 Å². The first kappa shape index (κ1) is 13.0.